The van der Waals surface area contributed by atoms with Crippen molar-refractivity contribution in [2.45, 2.75) is 6.42 Å². The van der Waals surface area contributed by atoms with Crippen LogP contribution in [0.3, 0.4) is 0 Å². The number of nitrogens with two attached hydrogens (primary N) is 1. The Morgan fingerprint density at radius 1 is 1.50 bits per heavy atom. The molecule has 0 aromatic heterocycles. The van der Waals surface area contributed by atoms with E-state index in [-0.39, 0.29) is 11.5 Å². The molecule has 0 saturated heterocycles. The molecule has 0 atom stereocenters. The van der Waals surface area contributed by atoms with Gasteiger partial charge in [0.25, 0.3) is 0 Å². The van der Waals surface area contributed by atoms with Crippen LogP contribution in [-0.2, 0) is 0 Å². The largest absolute Gasteiger partial charge is 0.396 e. The lowest BCUT2D eigenvalue weighted by atomic mass is 10.2. The molecule has 1 heterocycles. The van der Waals surface area contributed by atoms with Crippen LogP contribution in [0.15, 0.2) is 12.1 Å². The highest BCUT2D eigenvalue weighted by Crippen LogP contribution is 2.31. The first-order valence-corrected chi connectivity index (χ1v) is 4.72. The van der Waals surface area contributed by atoms with Crippen LogP contribution in [0.5, 0.6) is 0 Å². The van der Waals surface area contributed by atoms with E-state index in [1.54, 1.807) is 6.07 Å². The Kier molecular flexibility index (Phi) is 2.19. The number of rotatable bonds is 0. The molecule has 0 saturated carbocycles. The van der Waals surface area contributed by atoms with Gasteiger partial charge in [-0.25, -0.2) is 4.39 Å². The average molecular weight is 195 g/mol. The van der Waals surface area contributed by atoms with Gasteiger partial charge >= 0.3 is 0 Å². The van der Waals surface area contributed by atoms with E-state index in [1.807, 2.05) is 11.9 Å². The van der Waals surface area contributed by atoms with Crippen molar-refractivity contribution in [2.24, 2.45) is 0 Å². The molecule has 1 aromatic rings. The summed E-state index contributed by atoms with van der Waals surface area (Å²) in [6.45, 7) is 1.84. The molecule has 0 radical (unpaired) electrons. The molecule has 0 unspecified atom stereocenters. The van der Waals surface area contributed by atoms with Crippen molar-refractivity contribution in [2.75, 3.05) is 36.1 Å². The van der Waals surface area contributed by atoms with Gasteiger partial charge in [0, 0.05) is 26.2 Å². The van der Waals surface area contributed by atoms with Crippen LogP contribution in [0.1, 0.15) is 6.42 Å². The SMILES string of the molecule is CN1CCCNc2cc(N)c(F)cc21. The molecule has 1 aromatic carbocycles. The third-order valence-electron chi connectivity index (χ3n) is 2.51. The van der Waals surface area contributed by atoms with Crippen molar-refractivity contribution in [1.82, 2.24) is 0 Å². The summed E-state index contributed by atoms with van der Waals surface area (Å²) < 4.78 is 13.2. The number of hydrogen-bond acceptors (Lipinski definition) is 3. The summed E-state index contributed by atoms with van der Waals surface area (Å²) in [5.41, 5.74) is 7.51. The van der Waals surface area contributed by atoms with Crippen LogP contribution >= 0.6 is 0 Å². The van der Waals surface area contributed by atoms with Crippen LogP contribution < -0.4 is 16.0 Å². The lowest BCUT2D eigenvalue weighted by molar-refractivity contribution is 0.632. The number of nitrogen functional groups attached to an aromatic ring is 1. The first-order chi connectivity index (χ1) is 6.68. The third-order valence-corrected chi connectivity index (χ3v) is 2.51. The van der Waals surface area contributed by atoms with E-state index in [4.69, 9.17) is 5.73 Å². The van der Waals surface area contributed by atoms with Gasteiger partial charge in [0.05, 0.1) is 17.1 Å². The van der Waals surface area contributed by atoms with Crippen molar-refractivity contribution >= 4 is 17.1 Å². The Morgan fingerprint density at radius 3 is 3.07 bits per heavy atom. The summed E-state index contributed by atoms with van der Waals surface area (Å²) in [5.74, 6) is -0.348. The molecule has 76 valence electrons. The first-order valence-electron chi connectivity index (χ1n) is 4.72. The van der Waals surface area contributed by atoms with Gasteiger partial charge in [-0.3, -0.25) is 0 Å². The van der Waals surface area contributed by atoms with Crippen LogP contribution in [0.25, 0.3) is 0 Å². The van der Waals surface area contributed by atoms with Crippen LogP contribution in [-0.4, -0.2) is 20.1 Å². The molecule has 0 aliphatic carbocycles. The number of anilines is 3. The fourth-order valence-corrected chi connectivity index (χ4v) is 1.70. The Hall–Kier alpha value is -1.45. The number of halogens is 1. The molecule has 1 aliphatic rings. The topological polar surface area (TPSA) is 41.3 Å². The van der Waals surface area contributed by atoms with Crippen LogP contribution in [0.2, 0.25) is 0 Å². The highest BCUT2D eigenvalue weighted by molar-refractivity contribution is 5.74. The molecule has 3 N–H and O–H groups in total. The van der Waals surface area contributed by atoms with Gasteiger partial charge in [-0.15, -0.1) is 0 Å². The molecular weight excluding hydrogens is 181 g/mol. The maximum atomic E-state index is 13.2. The molecule has 0 fully saturated rings. The predicted octanol–water partition coefficient (Wildman–Crippen LogP) is 1.66. The van der Waals surface area contributed by atoms with Gasteiger partial charge in [-0.2, -0.15) is 0 Å². The van der Waals surface area contributed by atoms with Crippen molar-refractivity contribution in [3.63, 3.8) is 0 Å². The number of benzene rings is 1. The summed E-state index contributed by atoms with van der Waals surface area (Å²) in [5, 5.41) is 3.24. The van der Waals surface area contributed by atoms with Gasteiger partial charge in [0.1, 0.15) is 5.82 Å². The summed E-state index contributed by atoms with van der Waals surface area (Å²) in [6, 6.07) is 3.15. The van der Waals surface area contributed by atoms with E-state index in [0.717, 1.165) is 30.9 Å². The maximum Gasteiger partial charge on any atom is 0.148 e. The predicted molar refractivity (Wildman–Crippen MR) is 57.2 cm³/mol. The monoisotopic (exact) mass is 195 g/mol. The molecule has 0 bridgehead atoms. The number of nitrogens with zero attached hydrogens (tertiary/aromatic N) is 1. The average Bonchev–Trinajstić information content (AvgIpc) is 2.31. The van der Waals surface area contributed by atoms with E-state index in [2.05, 4.69) is 5.32 Å². The number of fused-ring (bicyclic) bond motifs is 1. The van der Waals surface area contributed by atoms with E-state index in [9.17, 15) is 4.39 Å². The molecule has 4 heteroatoms. The van der Waals surface area contributed by atoms with E-state index < -0.39 is 0 Å². The second-order valence-electron chi connectivity index (χ2n) is 3.59. The molecule has 0 amide bonds. The molecule has 14 heavy (non-hydrogen) atoms. The lowest BCUT2D eigenvalue weighted by Gasteiger charge is -2.19. The Bertz CT molecular complexity index is 351. The van der Waals surface area contributed by atoms with Crippen LogP contribution in [0, 0.1) is 5.82 Å². The second-order valence-corrected chi connectivity index (χ2v) is 3.59. The van der Waals surface area contributed by atoms with Crippen molar-refractivity contribution in [3.05, 3.63) is 17.9 Å². The second kappa shape index (κ2) is 3.36. The standard InChI is InChI=1S/C10H14FN3/c1-14-4-2-3-13-9-6-8(12)7(11)5-10(9)14/h5-6,13H,2-4,12H2,1H3. The highest BCUT2D eigenvalue weighted by Gasteiger charge is 2.14. The van der Waals surface area contributed by atoms with Gasteiger partial charge < -0.3 is 16.0 Å². The maximum absolute atomic E-state index is 13.2. The number of hydrogen-bond donors (Lipinski definition) is 2. The molecule has 3 nitrogen and oxygen atoms in total. The Labute approximate surface area is 82.7 Å². The quantitative estimate of drug-likeness (QED) is 0.618. The molecule has 2 rings (SSSR count). The van der Waals surface area contributed by atoms with Gasteiger partial charge in [-0.1, -0.05) is 0 Å². The highest BCUT2D eigenvalue weighted by atomic mass is 19.1. The zero-order valence-electron chi connectivity index (χ0n) is 8.18. The Morgan fingerprint density at radius 2 is 2.29 bits per heavy atom. The normalized spacial score (nSPS) is 15.7. The van der Waals surface area contributed by atoms with Gasteiger partial charge in [-0.05, 0) is 12.5 Å². The van der Waals surface area contributed by atoms with Crippen molar-refractivity contribution in [3.8, 4) is 0 Å². The van der Waals surface area contributed by atoms with Gasteiger partial charge in [0.15, 0.2) is 0 Å². The fraction of sp³-hybridized carbons (Fsp3) is 0.400. The minimum atomic E-state index is -0.348. The minimum Gasteiger partial charge on any atom is -0.396 e. The fourth-order valence-electron chi connectivity index (χ4n) is 1.70. The summed E-state index contributed by atoms with van der Waals surface area (Å²) in [4.78, 5) is 2.04. The zero-order chi connectivity index (χ0) is 10.1. The summed E-state index contributed by atoms with van der Waals surface area (Å²) in [6.07, 6.45) is 1.05. The van der Waals surface area contributed by atoms with Crippen molar-refractivity contribution in [1.29, 1.82) is 0 Å². The number of nitrogens with one attached hydrogen (secondary N) is 1. The molecular formula is C10H14FN3. The molecule has 0 spiro atoms. The molecule has 1 aliphatic heterocycles. The third kappa shape index (κ3) is 1.47. The van der Waals surface area contributed by atoms with Crippen LogP contribution in [0.4, 0.5) is 21.5 Å². The lowest BCUT2D eigenvalue weighted by Crippen LogP contribution is -2.17. The summed E-state index contributed by atoms with van der Waals surface area (Å²) in [7, 11) is 1.96. The van der Waals surface area contributed by atoms with Gasteiger partial charge in [0.2, 0.25) is 0 Å². The summed E-state index contributed by atoms with van der Waals surface area (Å²) >= 11 is 0. The zero-order valence-corrected chi connectivity index (χ0v) is 8.18. The van der Waals surface area contributed by atoms with Crippen molar-refractivity contribution < 1.29 is 4.39 Å². The first kappa shape index (κ1) is 9.12. The van der Waals surface area contributed by atoms with E-state index >= 15 is 0 Å². The van der Waals surface area contributed by atoms with E-state index in [0.29, 0.717) is 0 Å². The minimum absolute atomic E-state index is 0.201. The van der Waals surface area contributed by atoms with E-state index in [1.165, 1.54) is 6.07 Å². The Balaban J connectivity index is 2.49. The smallest absolute Gasteiger partial charge is 0.148 e.